The van der Waals surface area contributed by atoms with Crippen molar-refractivity contribution in [3.05, 3.63) is 65.3 Å². The van der Waals surface area contributed by atoms with E-state index in [2.05, 4.69) is 15.1 Å². The first-order chi connectivity index (χ1) is 12.2. The van der Waals surface area contributed by atoms with Gasteiger partial charge in [-0.05, 0) is 36.2 Å². The topological polar surface area (TPSA) is 72.1 Å². The van der Waals surface area contributed by atoms with Crippen molar-refractivity contribution < 1.29 is 9.32 Å². The van der Waals surface area contributed by atoms with Crippen molar-refractivity contribution in [3.8, 4) is 11.4 Å². The fourth-order valence-electron chi connectivity index (χ4n) is 2.96. The zero-order chi connectivity index (χ0) is 17.2. The van der Waals surface area contributed by atoms with Crippen molar-refractivity contribution in [1.82, 2.24) is 20.0 Å². The molecule has 4 rings (SSSR count). The number of rotatable bonds is 4. The number of hydrogen-bond donors (Lipinski definition) is 0. The Morgan fingerprint density at radius 3 is 2.68 bits per heavy atom. The summed E-state index contributed by atoms with van der Waals surface area (Å²) in [5, 5.41) is 4.71. The van der Waals surface area contributed by atoms with E-state index in [0.29, 0.717) is 36.1 Å². The predicted octanol–water partition coefficient (Wildman–Crippen LogP) is 3.65. The van der Waals surface area contributed by atoms with Gasteiger partial charge in [-0.1, -0.05) is 28.9 Å². The van der Waals surface area contributed by atoms with E-state index in [9.17, 15) is 4.79 Å². The second-order valence-corrected chi connectivity index (χ2v) is 6.33. The van der Waals surface area contributed by atoms with Gasteiger partial charge < -0.3 is 9.42 Å². The molecule has 0 saturated carbocycles. The zero-order valence-corrected chi connectivity index (χ0v) is 14.1. The van der Waals surface area contributed by atoms with E-state index in [0.717, 1.165) is 11.1 Å². The lowest BCUT2D eigenvalue weighted by atomic mass is 10.2. The van der Waals surface area contributed by atoms with Crippen molar-refractivity contribution in [2.45, 2.75) is 25.4 Å². The normalized spacial score (nSPS) is 17.2. The van der Waals surface area contributed by atoms with Gasteiger partial charge in [0.25, 0.3) is 0 Å². The monoisotopic (exact) mass is 354 g/mol. The Morgan fingerprint density at radius 1 is 1.16 bits per heavy atom. The van der Waals surface area contributed by atoms with Gasteiger partial charge in [-0.3, -0.25) is 9.78 Å². The van der Waals surface area contributed by atoms with Crippen molar-refractivity contribution in [1.29, 1.82) is 0 Å². The Hall–Kier alpha value is -2.73. The van der Waals surface area contributed by atoms with Crippen molar-refractivity contribution >= 4 is 17.5 Å². The van der Waals surface area contributed by atoms with Crippen molar-refractivity contribution in [3.63, 3.8) is 0 Å². The molecule has 0 aliphatic carbocycles. The van der Waals surface area contributed by atoms with Gasteiger partial charge in [0.2, 0.25) is 17.6 Å². The maximum atomic E-state index is 12.3. The minimum absolute atomic E-state index is 0.0867. The van der Waals surface area contributed by atoms with Crippen LogP contribution in [-0.2, 0) is 11.3 Å². The standard InChI is InChI=1S/C18H15ClN4O2/c19-14-3-1-12(2-4-14)11-23-15(5-6-16(23)24)18-21-17(22-25-18)13-7-9-20-10-8-13/h1-4,7-10,15H,5-6,11H2. The van der Waals surface area contributed by atoms with E-state index in [4.69, 9.17) is 16.1 Å². The third-order valence-corrected chi connectivity index (χ3v) is 4.51. The molecule has 0 N–H and O–H groups in total. The fraction of sp³-hybridized carbons (Fsp3) is 0.222. The molecule has 1 amide bonds. The van der Waals surface area contributed by atoms with Crippen LogP contribution in [0.3, 0.4) is 0 Å². The minimum Gasteiger partial charge on any atom is -0.337 e. The third kappa shape index (κ3) is 3.25. The summed E-state index contributed by atoms with van der Waals surface area (Å²) in [6.45, 7) is 0.494. The minimum atomic E-state index is -0.203. The molecule has 1 unspecified atom stereocenters. The molecule has 3 aromatic rings. The van der Waals surface area contributed by atoms with E-state index in [-0.39, 0.29) is 11.9 Å². The average molecular weight is 355 g/mol. The van der Waals surface area contributed by atoms with Crippen LogP contribution >= 0.6 is 11.6 Å². The van der Waals surface area contributed by atoms with E-state index in [1.165, 1.54) is 0 Å². The average Bonchev–Trinajstić information content (AvgIpc) is 3.25. The Balaban J connectivity index is 1.57. The quantitative estimate of drug-likeness (QED) is 0.715. The number of aromatic nitrogens is 3. The molecule has 1 fully saturated rings. The van der Waals surface area contributed by atoms with Gasteiger partial charge in [0.1, 0.15) is 6.04 Å². The second kappa shape index (κ2) is 6.64. The van der Waals surface area contributed by atoms with E-state index >= 15 is 0 Å². The molecule has 1 aliphatic rings. The number of amides is 1. The highest BCUT2D eigenvalue weighted by atomic mass is 35.5. The van der Waals surface area contributed by atoms with E-state index < -0.39 is 0 Å². The second-order valence-electron chi connectivity index (χ2n) is 5.89. The van der Waals surface area contributed by atoms with Crippen LogP contribution in [0.2, 0.25) is 5.02 Å². The smallest absolute Gasteiger partial charge is 0.249 e. The highest BCUT2D eigenvalue weighted by Crippen LogP contribution is 2.34. The van der Waals surface area contributed by atoms with Crippen LogP contribution in [0.15, 0.2) is 53.3 Å². The molecule has 1 atom stereocenters. The summed E-state index contributed by atoms with van der Waals surface area (Å²) in [6.07, 6.45) is 4.50. The van der Waals surface area contributed by atoms with Gasteiger partial charge >= 0.3 is 0 Å². The molecule has 0 bridgehead atoms. The Morgan fingerprint density at radius 2 is 1.92 bits per heavy atom. The van der Waals surface area contributed by atoms with Gasteiger partial charge in [0.15, 0.2) is 0 Å². The van der Waals surface area contributed by atoms with Crippen molar-refractivity contribution in [2.75, 3.05) is 0 Å². The van der Waals surface area contributed by atoms with Crippen molar-refractivity contribution in [2.24, 2.45) is 0 Å². The summed E-state index contributed by atoms with van der Waals surface area (Å²) >= 11 is 5.92. The van der Waals surface area contributed by atoms with Crippen LogP contribution in [0.5, 0.6) is 0 Å². The van der Waals surface area contributed by atoms with Crippen LogP contribution < -0.4 is 0 Å². The zero-order valence-electron chi connectivity index (χ0n) is 13.3. The Kier molecular flexibility index (Phi) is 4.19. The lowest BCUT2D eigenvalue weighted by Crippen LogP contribution is -2.27. The summed E-state index contributed by atoms with van der Waals surface area (Å²) in [6, 6.07) is 10.9. The number of halogens is 1. The highest BCUT2D eigenvalue weighted by molar-refractivity contribution is 6.30. The summed E-state index contributed by atoms with van der Waals surface area (Å²) in [5.74, 6) is 1.05. The summed E-state index contributed by atoms with van der Waals surface area (Å²) in [4.78, 5) is 22.6. The number of nitrogens with zero attached hydrogens (tertiary/aromatic N) is 4. The molecule has 7 heteroatoms. The summed E-state index contributed by atoms with van der Waals surface area (Å²) in [7, 11) is 0. The molecule has 1 aliphatic heterocycles. The molecule has 25 heavy (non-hydrogen) atoms. The maximum absolute atomic E-state index is 12.3. The molecule has 0 spiro atoms. The number of hydrogen-bond acceptors (Lipinski definition) is 5. The van der Waals surface area contributed by atoms with Crippen LogP contribution in [0, 0.1) is 0 Å². The number of pyridine rings is 1. The SMILES string of the molecule is O=C1CCC(c2nc(-c3ccncc3)no2)N1Cc1ccc(Cl)cc1. The molecular weight excluding hydrogens is 340 g/mol. The van der Waals surface area contributed by atoms with Crippen LogP contribution in [-0.4, -0.2) is 25.9 Å². The predicted molar refractivity (Wildman–Crippen MR) is 91.5 cm³/mol. The molecule has 126 valence electrons. The maximum Gasteiger partial charge on any atom is 0.249 e. The number of carbonyl (C=O) groups is 1. The largest absolute Gasteiger partial charge is 0.337 e. The Bertz CT molecular complexity index is 880. The Labute approximate surface area is 149 Å². The van der Waals surface area contributed by atoms with Crippen LogP contribution in [0.4, 0.5) is 0 Å². The lowest BCUT2D eigenvalue weighted by molar-refractivity contribution is -0.129. The number of benzene rings is 1. The lowest BCUT2D eigenvalue weighted by Gasteiger charge is -2.22. The fourth-order valence-corrected chi connectivity index (χ4v) is 3.09. The van der Waals surface area contributed by atoms with E-state index in [1.54, 1.807) is 17.3 Å². The summed E-state index contributed by atoms with van der Waals surface area (Å²) < 4.78 is 5.44. The molecule has 6 nitrogen and oxygen atoms in total. The van der Waals surface area contributed by atoms with Gasteiger partial charge in [0, 0.05) is 35.9 Å². The van der Waals surface area contributed by atoms with E-state index in [1.807, 2.05) is 36.4 Å². The summed E-state index contributed by atoms with van der Waals surface area (Å²) in [5.41, 5.74) is 1.84. The first kappa shape index (κ1) is 15.8. The third-order valence-electron chi connectivity index (χ3n) is 4.26. The van der Waals surface area contributed by atoms with Gasteiger partial charge in [-0.15, -0.1) is 0 Å². The van der Waals surface area contributed by atoms with Gasteiger partial charge in [0.05, 0.1) is 0 Å². The molecule has 2 aromatic heterocycles. The van der Waals surface area contributed by atoms with Gasteiger partial charge in [-0.25, -0.2) is 0 Å². The molecular formula is C18H15ClN4O2. The number of carbonyl (C=O) groups excluding carboxylic acids is 1. The van der Waals surface area contributed by atoms with Crippen LogP contribution in [0.1, 0.15) is 30.3 Å². The van der Waals surface area contributed by atoms with Gasteiger partial charge in [-0.2, -0.15) is 4.98 Å². The number of likely N-dealkylation sites (tertiary alicyclic amines) is 1. The molecule has 1 saturated heterocycles. The molecule has 3 heterocycles. The first-order valence-corrected chi connectivity index (χ1v) is 8.36. The molecule has 0 radical (unpaired) electrons. The first-order valence-electron chi connectivity index (χ1n) is 7.98. The molecule has 1 aromatic carbocycles. The highest BCUT2D eigenvalue weighted by Gasteiger charge is 2.35. The van der Waals surface area contributed by atoms with Crippen LogP contribution in [0.25, 0.3) is 11.4 Å².